The van der Waals surface area contributed by atoms with Crippen molar-refractivity contribution in [2.24, 2.45) is 0 Å². The molecule has 1 aliphatic rings. The van der Waals surface area contributed by atoms with Crippen molar-refractivity contribution in [3.8, 4) is 0 Å². The molecule has 0 radical (unpaired) electrons. The first-order valence-corrected chi connectivity index (χ1v) is 8.32. The summed E-state index contributed by atoms with van der Waals surface area (Å²) in [6.07, 6.45) is -0.247. The molecule has 0 N–H and O–H groups in total. The normalized spacial score (nSPS) is 19.8. The molecule has 2 aromatic rings. The Labute approximate surface area is 129 Å². The van der Waals surface area contributed by atoms with Gasteiger partial charge >= 0.3 is 0 Å². The Morgan fingerprint density at radius 2 is 1.71 bits per heavy atom. The summed E-state index contributed by atoms with van der Waals surface area (Å²) in [5.74, 6) is 0. The third kappa shape index (κ3) is 2.82. The Balaban J connectivity index is 1.85. The van der Waals surface area contributed by atoms with Crippen molar-refractivity contribution in [2.45, 2.75) is 11.0 Å². The van der Waals surface area contributed by atoms with E-state index in [0.717, 1.165) is 5.56 Å². The van der Waals surface area contributed by atoms with Gasteiger partial charge in [-0.15, -0.1) is 0 Å². The highest BCUT2D eigenvalue weighted by atomic mass is 35.5. The van der Waals surface area contributed by atoms with Gasteiger partial charge in [0.25, 0.3) is 0 Å². The van der Waals surface area contributed by atoms with E-state index in [1.54, 1.807) is 18.2 Å². The monoisotopic (exact) mass is 323 g/mol. The van der Waals surface area contributed by atoms with Crippen LogP contribution in [0.15, 0.2) is 59.5 Å². The molecule has 1 saturated heterocycles. The first-order chi connectivity index (χ1) is 10.1. The van der Waals surface area contributed by atoms with Crippen molar-refractivity contribution in [1.29, 1.82) is 0 Å². The van der Waals surface area contributed by atoms with E-state index in [0.29, 0.717) is 0 Å². The average molecular weight is 324 g/mol. The van der Waals surface area contributed by atoms with Crippen LogP contribution in [-0.4, -0.2) is 26.0 Å². The van der Waals surface area contributed by atoms with Crippen molar-refractivity contribution in [3.05, 3.63) is 65.2 Å². The van der Waals surface area contributed by atoms with E-state index in [4.69, 9.17) is 16.3 Å². The average Bonchev–Trinajstić information content (AvgIpc) is 2.99. The Hall–Kier alpha value is -1.40. The van der Waals surface area contributed by atoms with Crippen LogP contribution in [0.2, 0.25) is 5.02 Å². The van der Waals surface area contributed by atoms with Crippen molar-refractivity contribution in [1.82, 2.24) is 4.31 Å². The van der Waals surface area contributed by atoms with E-state index in [1.807, 2.05) is 30.3 Å². The minimum atomic E-state index is -3.63. The SMILES string of the molecule is O=S(=O)(c1ccccc1Cl)N1COC(c2ccccc2)C1. The summed E-state index contributed by atoms with van der Waals surface area (Å²) >= 11 is 5.99. The largest absolute Gasteiger partial charge is 0.356 e. The van der Waals surface area contributed by atoms with Crippen molar-refractivity contribution in [2.75, 3.05) is 13.3 Å². The lowest BCUT2D eigenvalue weighted by molar-refractivity contribution is 0.104. The molecule has 4 nitrogen and oxygen atoms in total. The van der Waals surface area contributed by atoms with Crippen LogP contribution in [0.1, 0.15) is 11.7 Å². The fraction of sp³-hybridized carbons (Fsp3) is 0.200. The predicted molar refractivity (Wildman–Crippen MR) is 80.5 cm³/mol. The maximum absolute atomic E-state index is 12.6. The van der Waals surface area contributed by atoms with E-state index in [1.165, 1.54) is 10.4 Å². The fourth-order valence-electron chi connectivity index (χ4n) is 2.29. The summed E-state index contributed by atoms with van der Waals surface area (Å²) < 4.78 is 32.1. The highest BCUT2D eigenvalue weighted by Gasteiger charge is 2.34. The Kier molecular flexibility index (Phi) is 3.99. The van der Waals surface area contributed by atoms with Gasteiger partial charge in [-0.2, -0.15) is 4.31 Å². The standard InChI is InChI=1S/C15H14ClNO3S/c16-13-8-4-5-9-15(13)21(18,19)17-10-14(20-11-17)12-6-2-1-3-7-12/h1-9,14H,10-11H2. The molecule has 0 aliphatic carbocycles. The minimum Gasteiger partial charge on any atom is -0.356 e. The van der Waals surface area contributed by atoms with E-state index in [9.17, 15) is 8.42 Å². The van der Waals surface area contributed by atoms with Crippen LogP contribution in [0.5, 0.6) is 0 Å². The quantitative estimate of drug-likeness (QED) is 0.872. The third-order valence-electron chi connectivity index (χ3n) is 3.42. The molecule has 3 rings (SSSR count). The molecule has 2 aromatic carbocycles. The number of hydrogen-bond acceptors (Lipinski definition) is 3. The molecule has 1 heterocycles. The summed E-state index contributed by atoms with van der Waals surface area (Å²) in [6.45, 7) is 0.324. The molecule has 0 saturated carbocycles. The summed E-state index contributed by atoms with van der Waals surface area (Å²) in [5, 5.41) is 0.223. The van der Waals surface area contributed by atoms with Crippen LogP contribution in [0.4, 0.5) is 0 Å². The number of nitrogens with zero attached hydrogens (tertiary/aromatic N) is 1. The molecule has 1 atom stereocenters. The smallest absolute Gasteiger partial charge is 0.246 e. The lowest BCUT2D eigenvalue weighted by atomic mass is 10.1. The molecule has 1 aliphatic heterocycles. The number of benzene rings is 2. The topological polar surface area (TPSA) is 46.6 Å². The van der Waals surface area contributed by atoms with Gasteiger partial charge in [0.1, 0.15) is 11.6 Å². The van der Waals surface area contributed by atoms with Crippen LogP contribution in [-0.2, 0) is 14.8 Å². The van der Waals surface area contributed by atoms with Gasteiger partial charge in [0.15, 0.2) is 0 Å². The van der Waals surface area contributed by atoms with Gasteiger partial charge in [-0.25, -0.2) is 8.42 Å². The molecule has 21 heavy (non-hydrogen) atoms. The Morgan fingerprint density at radius 3 is 2.43 bits per heavy atom. The summed E-state index contributed by atoms with van der Waals surface area (Å²) in [6, 6.07) is 16.0. The number of halogens is 1. The number of hydrogen-bond donors (Lipinski definition) is 0. The van der Waals surface area contributed by atoms with Gasteiger partial charge in [0.05, 0.1) is 11.1 Å². The number of rotatable bonds is 3. The van der Waals surface area contributed by atoms with Crippen LogP contribution < -0.4 is 0 Å². The Morgan fingerprint density at radius 1 is 1.05 bits per heavy atom. The summed E-state index contributed by atoms with van der Waals surface area (Å²) in [5.41, 5.74) is 0.967. The molecule has 6 heteroatoms. The van der Waals surface area contributed by atoms with E-state index < -0.39 is 10.0 Å². The van der Waals surface area contributed by atoms with Crippen LogP contribution >= 0.6 is 11.6 Å². The van der Waals surface area contributed by atoms with Gasteiger partial charge < -0.3 is 4.74 Å². The summed E-state index contributed by atoms with van der Waals surface area (Å²) in [4.78, 5) is 0.115. The highest BCUT2D eigenvalue weighted by molar-refractivity contribution is 7.89. The van der Waals surface area contributed by atoms with Gasteiger partial charge in [0.2, 0.25) is 10.0 Å². The van der Waals surface area contributed by atoms with Crippen molar-refractivity contribution >= 4 is 21.6 Å². The second-order valence-corrected chi connectivity index (χ2v) is 7.08. The predicted octanol–water partition coefficient (Wildman–Crippen LogP) is 3.06. The molecular weight excluding hydrogens is 310 g/mol. The van der Waals surface area contributed by atoms with Crippen molar-refractivity contribution < 1.29 is 13.2 Å². The number of ether oxygens (including phenoxy) is 1. The zero-order chi connectivity index (χ0) is 14.9. The second kappa shape index (κ2) is 5.77. The lowest BCUT2D eigenvalue weighted by Gasteiger charge is -2.15. The van der Waals surface area contributed by atoms with Gasteiger partial charge in [0, 0.05) is 6.54 Å². The molecule has 1 unspecified atom stereocenters. The van der Waals surface area contributed by atoms with Crippen LogP contribution in [0, 0.1) is 0 Å². The maximum Gasteiger partial charge on any atom is 0.246 e. The third-order valence-corrected chi connectivity index (χ3v) is 5.70. The second-order valence-electron chi connectivity index (χ2n) is 4.76. The molecule has 1 fully saturated rings. The van der Waals surface area contributed by atoms with Crippen LogP contribution in [0.25, 0.3) is 0 Å². The molecule has 0 bridgehead atoms. The fourth-order valence-corrected chi connectivity index (χ4v) is 4.10. The molecule has 110 valence electrons. The van der Waals surface area contributed by atoms with Gasteiger partial charge in [-0.1, -0.05) is 54.1 Å². The molecular formula is C15H14ClNO3S. The minimum absolute atomic E-state index is 0.0348. The zero-order valence-electron chi connectivity index (χ0n) is 11.1. The first kappa shape index (κ1) is 14.5. The number of sulfonamides is 1. The van der Waals surface area contributed by atoms with Gasteiger partial charge in [-0.3, -0.25) is 0 Å². The van der Waals surface area contributed by atoms with E-state index in [-0.39, 0.29) is 29.3 Å². The van der Waals surface area contributed by atoms with E-state index >= 15 is 0 Å². The molecule has 0 amide bonds. The van der Waals surface area contributed by atoms with Gasteiger partial charge in [-0.05, 0) is 17.7 Å². The Bertz CT molecular complexity index is 734. The van der Waals surface area contributed by atoms with E-state index in [2.05, 4.69) is 0 Å². The maximum atomic E-state index is 12.6. The lowest BCUT2D eigenvalue weighted by Crippen LogP contribution is -2.29. The van der Waals surface area contributed by atoms with Crippen molar-refractivity contribution in [3.63, 3.8) is 0 Å². The zero-order valence-corrected chi connectivity index (χ0v) is 12.7. The van der Waals surface area contributed by atoms with Crippen LogP contribution in [0.3, 0.4) is 0 Å². The molecule has 0 aromatic heterocycles. The highest BCUT2D eigenvalue weighted by Crippen LogP contribution is 2.31. The molecule has 0 spiro atoms. The summed E-state index contributed by atoms with van der Waals surface area (Å²) in [7, 11) is -3.63. The first-order valence-electron chi connectivity index (χ1n) is 6.50.